The van der Waals surface area contributed by atoms with E-state index in [1.165, 1.54) is 6.07 Å². The molecular weight excluding hydrogens is 176 g/mol. The van der Waals surface area contributed by atoms with Gasteiger partial charge in [-0.3, -0.25) is 4.98 Å². The van der Waals surface area contributed by atoms with E-state index in [0.29, 0.717) is 11.4 Å². The number of rotatable bonds is 2. The van der Waals surface area contributed by atoms with E-state index in [4.69, 9.17) is 11.5 Å². The minimum absolute atomic E-state index is 0.0483. The summed E-state index contributed by atoms with van der Waals surface area (Å²) in [6.07, 6.45) is -2.58. The fourth-order valence-electron chi connectivity index (χ4n) is 1.06. The molecule has 0 spiro atoms. The van der Waals surface area contributed by atoms with Crippen molar-refractivity contribution in [3.8, 4) is 0 Å². The first-order valence-electron chi connectivity index (χ1n) is 3.80. The molecule has 0 aliphatic rings. The van der Waals surface area contributed by atoms with Gasteiger partial charge in [-0.2, -0.15) is 0 Å². The minimum Gasteiger partial charge on any atom is -0.397 e. The van der Waals surface area contributed by atoms with Gasteiger partial charge in [0.05, 0.1) is 17.1 Å². The Bertz CT molecular complexity index is 313. The van der Waals surface area contributed by atoms with Gasteiger partial charge in [0.2, 0.25) is 0 Å². The lowest BCUT2D eigenvalue weighted by molar-refractivity contribution is 0.152. The third-order valence-corrected chi connectivity index (χ3v) is 1.78. The summed E-state index contributed by atoms with van der Waals surface area (Å²) in [5.74, 6) is 0. The SMILES string of the molecule is Cc1nc(CN)cc(C(F)F)c1N. The van der Waals surface area contributed by atoms with E-state index in [1.54, 1.807) is 6.92 Å². The molecule has 0 radical (unpaired) electrons. The molecule has 0 aliphatic heterocycles. The van der Waals surface area contributed by atoms with E-state index in [1.807, 2.05) is 0 Å². The fourth-order valence-corrected chi connectivity index (χ4v) is 1.06. The Labute approximate surface area is 74.8 Å². The summed E-state index contributed by atoms with van der Waals surface area (Å²) in [5, 5.41) is 0. The Balaban J connectivity index is 3.25. The molecule has 72 valence electrons. The Kier molecular flexibility index (Phi) is 2.77. The predicted octanol–water partition coefficient (Wildman–Crippen LogP) is 1.37. The van der Waals surface area contributed by atoms with Crippen molar-refractivity contribution in [2.24, 2.45) is 5.73 Å². The van der Waals surface area contributed by atoms with Gasteiger partial charge in [0.25, 0.3) is 6.43 Å². The highest BCUT2D eigenvalue weighted by atomic mass is 19.3. The van der Waals surface area contributed by atoms with E-state index < -0.39 is 6.43 Å². The van der Waals surface area contributed by atoms with E-state index in [9.17, 15) is 8.78 Å². The molecule has 0 atom stereocenters. The van der Waals surface area contributed by atoms with Gasteiger partial charge in [0.15, 0.2) is 0 Å². The third-order valence-electron chi connectivity index (χ3n) is 1.78. The van der Waals surface area contributed by atoms with Crippen molar-refractivity contribution < 1.29 is 8.78 Å². The van der Waals surface area contributed by atoms with Crippen LogP contribution < -0.4 is 11.5 Å². The Morgan fingerprint density at radius 2 is 2.15 bits per heavy atom. The highest BCUT2D eigenvalue weighted by Crippen LogP contribution is 2.26. The number of anilines is 1. The summed E-state index contributed by atoms with van der Waals surface area (Å²) in [7, 11) is 0. The molecular formula is C8H11F2N3. The molecule has 0 saturated carbocycles. The van der Waals surface area contributed by atoms with E-state index in [2.05, 4.69) is 4.98 Å². The first-order valence-corrected chi connectivity index (χ1v) is 3.80. The highest BCUT2D eigenvalue weighted by Gasteiger charge is 2.14. The summed E-state index contributed by atoms with van der Waals surface area (Å²) in [5.41, 5.74) is 11.4. The number of aromatic nitrogens is 1. The maximum absolute atomic E-state index is 12.4. The lowest BCUT2D eigenvalue weighted by Gasteiger charge is -2.08. The minimum atomic E-state index is -2.58. The van der Waals surface area contributed by atoms with Gasteiger partial charge in [0, 0.05) is 12.1 Å². The van der Waals surface area contributed by atoms with Crippen molar-refractivity contribution in [2.75, 3.05) is 5.73 Å². The standard InChI is InChI=1S/C8H11F2N3/c1-4-7(12)6(8(9)10)2-5(3-11)13-4/h2,8H,3,11-12H2,1H3. The zero-order valence-corrected chi connectivity index (χ0v) is 7.22. The average molecular weight is 187 g/mol. The quantitative estimate of drug-likeness (QED) is 0.734. The molecule has 0 aliphatic carbocycles. The number of hydrogen-bond donors (Lipinski definition) is 2. The van der Waals surface area contributed by atoms with Gasteiger partial charge in [-0.25, -0.2) is 8.78 Å². The van der Waals surface area contributed by atoms with Crippen molar-refractivity contribution in [3.63, 3.8) is 0 Å². The molecule has 0 fully saturated rings. The zero-order valence-electron chi connectivity index (χ0n) is 7.22. The summed E-state index contributed by atoms with van der Waals surface area (Å²) in [6.45, 7) is 1.72. The van der Waals surface area contributed by atoms with Crippen LogP contribution in [0.15, 0.2) is 6.07 Å². The molecule has 0 saturated heterocycles. The number of nitrogens with zero attached hydrogens (tertiary/aromatic N) is 1. The summed E-state index contributed by atoms with van der Waals surface area (Å²) >= 11 is 0. The van der Waals surface area contributed by atoms with Gasteiger partial charge in [-0.1, -0.05) is 0 Å². The van der Waals surface area contributed by atoms with E-state index >= 15 is 0 Å². The highest BCUT2D eigenvalue weighted by molar-refractivity contribution is 5.51. The van der Waals surface area contributed by atoms with Crippen LogP contribution in [-0.2, 0) is 6.54 Å². The number of nitrogens with two attached hydrogens (primary N) is 2. The zero-order chi connectivity index (χ0) is 10.0. The number of halogens is 2. The molecule has 0 amide bonds. The van der Waals surface area contributed by atoms with Crippen molar-refractivity contribution in [1.82, 2.24) is 4.98 Å². The molecule has 4 N–H and O–H groups in total. The average Bonchev–Trinajstić information content (AvgIpc) is 2.09. The maximum atomic E-state index is 12.4. The van der Waals surface area contributed by atoms with Gasteiger partial charge in [-0.15, -0.1) is 0 Å². The van der Waals surface area contributed by atoms with Crippen molar-refractivity contribution in [1.29, 1.82) is 0 Å². The molecule has 13 heavy (non-hydrogen) atoms. The molecule has 0 aromatic carbocycles. The van der Waals surface area contributed by atoms with E-state index in [0.717, 1.165) is 0 Å². The summed E-state index contributed by atoms with van der Waals surface area (Å²) < 4.78 is 24.8. The summed E-state index contributed by atoms with van der Waals surface area (Å²) in [4.78, 5) is 3.95. The van der Waals surface area contributed by atoms with Crippen molar-refractivity contribution >= 4 is 5.69 Å². The van der Waals surface area contributed by atoms with E-state index in [-0.39, 0.29) is 17.8 Å². The number of hydrogen-bond acceptors (Lipinski definition) is 3. The van der Waals surface area contributed by atoms with Gasteiger partial charge >= 0.3 is 0 Å². The van der Waals surface area contributed by atoms with Crippen LogP contribution in [0.25, 0.3) is 0 Å². The molecule has 3 nitrogen and oxygen atoms in total. The Hall–Kier alpha value is -1.23. The number of aryl methyl sites for hydroxylation is 1. The van der Waals surface area contributed by atoms with Crippen molar-refractivity contribution in [2.45, 2.75) is 19.9 Å². The van der Waals surface area contributed by atoms with Gasteiger partial charge < -0.3 is 11.5 Å². The predicted molar refractivity (Wildman–Crippen MR) is 46.2 cm³/mol. The second kappa shape index (κ2) is 3.66. The fraction of sp³-hybridized carbons (Fsp3) is 0.375. The van der Waals surface area contributed by atoms with Crippen LogP contribution in [0.4, 0.5) is 14.5 Å². The maximum Gasteiger partial charge on any atom is 0.265 e. The van der Waals surface area contributed by atoms with Crippen LogP contribution in [0.1, 0.15) is 23.4 Å². The lowest BCUT2D eigenvalue weighted by atomic mass is 10.1. The molecule has 5 heteroatoms. The largest absolute Gasteiger partial charge is 0.397 e. The first-order chi connectivity index (χ1) is 6.06. The van der Waals surface area contributed by atoms with Crippen LogP contribution in [0.2, 0.25) is 0 Å². The molecule has 0 unspecified atom stereocenters. The van der Waals surface area contributed by atoms with Crippen LogP contribution in [0.5, 0.6) is 0 Å². The van der Waals surface area contributed by atoms with Crippen LogP contribution in [-0.4, -0.2) is 4.98 Å². The second-order valence-corrected chi connectivity index (χ2v) is 2.71. The molecule has 0 bridgehead atoms. The number of alkyl halides is 2. The molecule has 1 heterocycles. The van der Waals surface area contributed by atoms with Crippen LogP contribution >= 0.6 is 0 Å². The third kappa shape index (κ3) is 1.92. The molecule has 1 aromatic rings. The smallest absolute Gasteiger partial charge is 0.265 e. The first kappa shape index (κ1) is 9.85. The Morgan fingerprint density at radius 1 is 1.54 bits per heavy atom. The monoisotopic (exact) mass is 187 g/mol. The Morgan fingerprint density at radius 3 is 2.62 bits per heavy atom. The second-order valence-electron chi connectivity index (χ2n) is 2.71. The number of nitrogen functional groups attached to an aromatic ring is 1. The normalized spacial score (nSPS) is 10.8. The molecule has 1 aromatic heterocycles. The van der Waals surface area contributed by atoms with Crippen LogP contribution in [0.3, 0.4) is 0 Å². The van der Waals surface area contributed by atoms with Gasteiger partial charge in [-0.05, 0) is 13.0 Å². The molecule has 1 rings (SSSR count). The summed E-state index contributed by atoms with van der Waals surface area (Å²) in [6, 6.07) is 1.24. The van der Waals surface area contributed by atoms with Crippen molar-refractivity contribution in [3.05, 3.63) is 23.0 Å². The van der Waals surface area contributed by atoms with Crippen LogP contribution in [0, 0.1) is 6.92 Å². The topological polar surface area (TPSA) is 64.9 Å². The lowest BCUT2D eigenvalue weighted by Crippen LogP contribution is -2.06. The number of pyridine rings is 1. The van der Waals surface area contributed by atoms with Gasteiger partial charge in [0.1, 0.15) is 0 Å².